The first kappa shape index (κ1) is 15.1. The Hall–Kier alpha value is -1.99. The predicted octanol–water partition coefficient (Wildman–Crippen LogP) is 1.50. The van der Waals surface area contributed by atoms with Crippen molar-refractivity contribution in [3.05, 3.63) is 35.4 Å². The molecule has 1 rings (SSSR count). The van der Waals surface area contributed by atoms with Crippen molar-refractivity contribution in [2.75, 3.05) is 27.2 Å². The first-order valence-electron chi connectivity index (χ1n) is 6.32. The van der Waals surface area contributed by atoms with E-state index < -0.39 is 0 Å². The quantitative estimate of drug-likeness (QED) is 0.836. The van der Waals surface area contributed by atoms with Crippen molar-refractivity contribution in [3.63, 3.8) is 0 Å². The molecule has 19 heavy (non-hydrogen) atoms. The molecule has 2 amide bonds. The Balaban J connectivity index is 2.74. The molecule has 0 aliphatic rings. The van der Waals surface area contributed by atoms with Gasteiger partial charge in [-0.2, -0.15) is 0 Å². The van der Waals surface area contributed by atoms with Crippen molar-refractivity contribution in [1.82, 2.24) is 9.80 Å². The van der Waals surface area contributed by atoms with E-state index in [9.17, 15) is 4.79 Å². The molecule has 0 fully saturated rings. The SMILES string of the molecule is CCN(C)C(=O)N(C)Cc1cccc(C#CCN)c1. The molecule has 1 aromatic rings. The summed E-state index contributed by atoms with van der Waals surface area (Å²) in [6.45, 7) is 3.57. The molecule has 0 spiro atoms. The van der Waals surface area contributed by atoms with Gasteiger partial charge in [0.1, 0.15) is 0 Å². The third-order valence-electron chi connectivity index (χ3n) is 2.81. The number of hydrogen-bond acceptors (Lipinski definition) is 2. The minimum absolute atomic E-state index is 0.0148. The van der Waals surface area contributed by atoms with Gasteiger partial charge < -0.3 is 15.5 Å². The summed E-state index contributed by atoms with van der Waals surface area (Å²) in [6, 6.07) is 7.87. The maximum absolute atomic E-state index is 11.9. The second kappa shape index (κ2) is 7.45. The highest BCUT2D eigenvalue weighted by Gasteiger charge is 2.12. The number of nitrogens with two attached hydrogens (primary N) is 1. The van der Waals surface area contributed by atoms with E-state index in [2.05, 4.69) is 11.8 Å². The van der Waals surface area contributed by atoms with Crippen LogP contribution >= 0.6 is 0 Å². The van der Waals surface area contributed by atoms with Gasteiger partial charge in [-0.1, -0.05) is 24.0 Å². The Labute approximate surface area is 115 Å². The number of carbonyl (C=O) groups is 1. The van der Waals surface area contributed by atoms with E-state index >= 15 is 0 Å². The summed E-state index contributed by atoms with van der Waals surface area (Å²) < 4.78 is 0. The Morgan fingerprint density at radius 1 is 1.32 bits per heavy atom. The van der Waals surface area contributed by atoms with Crippen LogP contribution in [0.4, 0.5) is 4.79 Å². The van der Waals surface area contributed by atoms with Gasteiger partial charge >= 0.3 is 6.03 Å². The molecule has 0 aromatic heterocycles. The van der Waals surface area contributed by atoms with Crippen LogP contribution in [0.2, 0.25) is 0 Å². The fourth-order valence-corrected chi connectivity index (χ4v) is 1.67. The van der Waals surface area contributed by atoms with Gasteiger partial charge in [-0.25, -0.2) is 4.79 Å². The highest BCUT2D eigenvalue weighted by Crippen LogP contribution is 2.08. The molecule has 1 aromatic carbocycles. The summed E-state index contributed by atoms with van der Waals surface area (Å²) >= 11 is 0. The van der Waals surface area contributed by atoms with E-state index in [0.717, 1.165) is 11.1 Å². The molecule has 0 saturated heterocycles. The second-order valence-corrected chi connectivity index (χ2v) is 4.36. The average molecular weight is 259 g/mol. The molecule has 0 bridgehead atoms. The van der Waals surface area contributed by atoms with Crippen LogP contribution in [0.3, 0.4) is 0 Å². The maximum atomic E-state index is 11.9. The van der Waals surface area contributed by atoms with Crippen LogP contribution < -0.4 is 5.73 Å². The third-order valence-corrected chi connectivity index (χ3v) is 2.81. The van der Waals surface area contributed by atoms with E-state index in [1.54, 1.807) is 23.9 Å². The van der Waals surface area contributed by atoms with Crippen molar-refractivity contribution in [3.8, 4) is 11.8 Å². The highest BCUT2D eigenvalue weighted by molar-refractivity contribution is 5.73. The molecular formula is C15H21N3O. The molecule has 0 radical (unpaired) electrons. The molecule has 0 aliphatic carbocycles. The van der Waals surface area contributed by atoms with Crippen LogP contribution in [-0.4, -0.2) is 43.0 Å². The molecule has 102 valence electrons. The van der Waals surface area contributed by atoms with Gasteiger partial charge in [-0.05, 0) is 24.6 Å². The number of rotatable bonds is 3. The topological polar surface area (TPSA) is 49.6 Å². The van der Waals surface area contributed by atoms with Crippen LogP contribution in [0.15, 0.2) is 24.3 Å². The fourth-order valence-electron chi connectivity index (χ4n) is 1.67. The van der Waals surface area contributed by atoms with Crippen molar-refractivity contribution in [1.29, 1.82) is 0 Å². The zero-order valence-electron chi connectivity index (χ0n) is 11.8. The summed E-state index contributed by atoms with van der Waals surface area (Å²) in [7, 11) is 3.59. The third kappa shape index (κ3) is 4.65. The van der Waals surface area contributed by atoms with E-state index in [0.29, 0.717) is 19.6 Å². The summed E-state index contributed by atoms with van der Waals surface area (Å²) in [6.07, 6.45) is 0. The van der Waals surface area contributed by atoms with Crippen LogP contribution in [0.25, 0.3) is 0 Å². The lowest BCUT2D eigenvalue weighted by Crippen LogP contribution is -2.38. The Kier molecular flexibility index (Phi) is 5.91. The minimum Gasteiger partial charge on any atom is -0.328 e. The standard InChI is InChI=1S/C15H21N3O/c1-4-17(2)15(19)18(3)12-14-8-5-7-13(11-14)9-6-10-16/h5,7-8,11H,4,10,12,16H2,1-3H3. The molecule has 2 N–H and O–H groups in total. The van der Waals surface area contributed by atoms with Crippen LogP contribution in [-0.2, 0) is 6.54 Å². The number of hydrogen-bond donors (Lipinski definition) is 1. The number of carbonyl (C=O) groups excluding carboxylic acids is 1. The normalized spacial score (nSPS) is 9.47. The van der Waals surface area contributed by atoms with E-state index in [1.165, 1.54) is 0 Å². The van der Waals surface area contributed by atoms with Crippen molar-refractivity contribution >= 4 is 6.03 Å². The van der Waals surface area contributed by atoms with Crippen LogP contribution in [0.5, 0.6) is 0 Å². The Morgan fingerprint density at radius 2 is 2.05 bits per heavy atom. The second-order valence-electron chi connectivity index (χ2n) is 4.36. The zero-order valence-corrected chi connectivity index (χ0v) is 11.8. The smallest absolute Gasteiger partial charge is 0.319 e. The number of benzene rings is 1. The molecule has 4 nitrogen and oxygen atoms in total. The first-order chi connectivity index (χ1) is 9.08. The predicted molar refractivity (Wildman–Crippen MR) is 77.5 cm³/mol. The summed E-state index contributed by atoms with van der Waals surface area (Å²) in [4.78, 5) is 15.3. The van der Waals surface area contributed by atoms with Gasteiger partial charge in [0.2, 0.25) is 0 Å². The maximum Gasteiger partial charge on any atom is 0.319 e. The summed E-state index contributed by atoms with van der Waals surface area (Å²) in [5.74, 6) is 5.82. The number of urea groups is 1. The molecule has 0 atom stereocenters. The largest absolute Gasteiger partial charge is 0.328 e. The zero-order chi connectivity index (χ0) is 14.3. The lowest BCUT2D eigenvalue weighted by molar-refractivity contribution is 0.173. The molecule has 0 aliphatic heterocycles. The van der Waals surface area contributed by atoms with Crippen LogP contribution in [0, 0.1) is 11.8 Å². The van der Waals surface area contributed by atoms with Gasteiger partial charge in [-0.3, -0.25) is 0 Å². The molecule has 0 heterocycles. The molecule has 0 unspecified atom stereocenters. The van der Waals surface area contributed by atoms with Gasteiger partial charge in [0.05, 0.1) is 6.54 Å². The minimum atomic E-state index is 0.0148. The fraction of sp³-hybridized carbons (Fsp3) is 0.400. The lowest BCUT2D eigenvalue weighted by atomic mass is 10.1. The van der Waals surface area contributed by atoms with Crippen molar-refractivity contribution in [2.45, 2.75) is 13.5 Å². The average Bonchev–Trinajstić information content (AvgIpc) is 2.43. The monoisotopic (exact) mass is 259 g/mol. The molecule has 4 heteroatoms. The number of nitrogens with zero attached hydrogens (tertiary/aromatic N) is 2. The molecule has 0 saturated carbocycles. The van der Waals surface area contributed by atoms with Gasteiger partial charge in [-0.15, -0.1) is 0 Å². The van der Waals surface area contributed by atoms with Gasteiger partial charge in [0.25, 0.3) is 0 Å². The van der Waals surface area contributed by atoms with Gasteiger partial charge in [0.15, 0.2) is 0 Å². The van der Waals surface area contributed by atoms with Gasteiger partial charge in [0, 0.05) is 32.7 Å². The molecular weight excluding hydrogens is 238 g/mol. The highest BCUT2D eigenvalue weighted by atomic mass is 16.2. The Morgan fingerprint density at radius 3 is 2.68 bits per heavy atom. The van der Waals surface area contributed by atoms with E-state index in [4.69, 9.17) is 5.73 Å². The Bertz CT molecular complexity index is 488. The number of amides is 2. The van der Waals surface area contributed by atoms with Crippen molar-refractivity contribution < 1.29 is 4.79 Å². The van der Waals surface area contributed by atoms with E-state index in [-0.39, 0.29) is 6.03 Å². The summed E-state index contributed by atoms with van der Waals surface area (Å²) in [5, 5.41) is 0. The van der Waals surface area contributed by atoms with Crippen molar-refractivity contribution in [2.24, 2.45) is 5.73 Å². The summed E-state index contributed by atoms with van der Waals surface area (Å²) in [5.41, 5.74) is 7.33. The van der Waals surface area contributed by atoms with Crippen LogP contribution in [0.1, 0.15) is 18.1 Å². The first-order valence-corrected chi connectivity index (χ1v) is 6.32. The van der Waals surface area contributed by atoms with E-state index in [1.807, 2.05) is 31.2 Å². The lowest BCUT2D eigenvalue weighted by Gasteiger charge is -2.23.